The van der Waals surface area contributed by atoms with Crippen molar-refractivity contribution >= 4 is 0 Å². The van der Waals surface area contributed by atoms with Gasteiger partial charge in [0.2, 0.25) is 0 Å². The molecule has 1 atom stereocenters. The van der Waals surface area contributed by atoms with Gasteiger partial charge in [-0.05, 0) is 60.0 Å². The van der Waals surface area contributed by atoms with Crippen molar-refractivity contribution in [1.82, 2.24) is 15.1 Å². The Labute approximate surface area is 99.6 Å². The summed E-state index contributed by atoms with van der Waals surface area (Å²) in [5.74, 6) is 0. The monoisotopic (exact) mass is 229 g/mol. The topological polar surface area (TPSA) is 38.7 Å². The van der Waals surface area contributed by atoms with Gasteiger partial charge in [0.15, 0.2) is 0 Å². The molecule has 1 aliphatic heterocycles. The van der Waals surface area contributed by atoms with Crippen LogP contribution in [0.4, 0.5) is 0 Å². The summed E-state index contributed by atoms with van der Waals surface area (Å²) in [7, 11) is 6.32. The van der Waals surface area contributed by atoms with Crippen LogP contribution in [0.1, 0.15) is 19.3 Å². The summed E-state index contributed by atoms with van der Waals surface area (Å²) in [6.07, 6.45) is 3.57. The molecule has 0 bridgehead atoms. The first kappa shape index (κ1) is 13.9. The predicted molar refractivity (Wildman–Crippen MR) is 67.7 cm³/mol. The van der Waals surface area contributed by atoms with E-state index >= 15 is 0 Å². The molecule has 96 valence electrons. The number of likely N-dealkylation sites (tertiary alicyclic amines) is 1. The Morgan fingerprint density at radius 3 is 2.56 bits per heavy atom. The first-order chi connectivity index (χ1) is 7.67. The number of piperidine rings is 1. The lowest BCUT2D eigenvalue weighted by molar-refractivity contribution is 0.135. The molecule has 1 heterocycles. The van der Waals surface area contributed by atoms with Crippen molar-refractivity contribution in [3.8, 4) is 0 Å². The van der Waals surface area contributed by atoms with Crippen LogP contribution in [0, 0.1) is 0 Å². The van der Waals surface area contributed by atoms with Crippen LogP contribution >= 0.6 is 0 Å². The second-order valence-corrected chi connectivity index (χ2v) is 4.97. The molecule has 0 aromatic heterocycles. The van der Waals surface area contributed by atoms with Crippen LogP contribution in [0.2, 0.25) is 0 Å². The molecule has 4 nitrogen and oxygen atoms in total. The molecule has 2 N–H and O–H groups in total. The lowest BCUT2D eigenvalue weighted by atomic mass is 10.0. The maximum Gasteiger partial charge on any atom is 0.0585 e. The normalized spacial score (nSPS) is 21.6. The molecule has 0 aromatic rings. The lowest BCUT2D eigenvalue weighted by Crippen LogP contribution is -2.43. The SMILES string of the molecule is CNC(CO)CCN(C)C1CCN(C)CC1. The molecular formula is C12H27N3O. The van der Waals surface area contributed by atoms with Crippen molar-refractivity contribution < 1.29 is 5.11 Å². The van der Waals surface area contributed by atoms with E-state index in [2.05, 4.69) is 29.2 Å². The first-order valence-electron chi connectivity index (χ1n) is 6.34. The molecule has 0 aromatic carbocycles. The van der Waals surface area contributed by atoms with Crippen molar-refractivity contribution in [2.75, 3.05) is 47.4 Å². The Morgan fingerprint density at radius 1 is 1.44 bits per heavy atom. The minimum absolute atomic E-state index is 0.234. The van der Waals surface area contributed by atoms with Crippen LogP contribution in [0.15, 0.2) is 0 Å². The highest BCUT2D eigenvalue weighted by atomic mass is 16.3. The van der Waals surface area contributed by atoms with Crippen molar-refractivity contribution in [2.24, 2.45) is 0 Å². The molecule has 4 heteroatoms. The van der Waals surface area contributed by atoms with Gasteiger partial charge in [0.05, 0.1) is 6.61 Å². The van der Waals surface area contributed by atoms with Gasteiger partial charge in [-0.25, -0.2) is 0 Å². The van der Waals surface area contributed by atoms with E-state index in [0.29, 0.717) is 0 Å². The standard InChI is InChI=1S/C12H27N3O/c1-13-11(10-16)4-9-15(3)12-5-7-14(2)8-6-12/h11-13,16H,4-10H2,1-3H3. The van der Waals surface area contributed by atoms with E-state index in [9.17, 15) is 0 Å². The molecule has 1 rings (SSSR count). The van der Waals surface area contributed by atoms with Crippen LogP contribution in [0.3, 0.4) is 0 Å². The van der Waals surface area contributed by atoms with E-state index in [4.69, 9.17) is 5.11 Å². The summed E-state index contributed by atoms with van der Waals surface area (Å²) in [5, 5.41) is 12.2. The highest BCUT2D eigenvalue weighted by molar-refractivity contribution is 4.77. The Kier molecular flexibility index (Phi) is 6.28. The van der Waals surface area contributed by atoms with E-state index in [0.717, 1.165) is 19.0 Å². The zero-order chi connectivity index (χ0) is 12.0. The number of rotatable bonds is 6. The Hall–Kier alpha value is -0.160. The molecule has 0 spiro atoms. The number of hydrogen-bond acceptors (Lipinski definition) is 4. The van der Waals surface area contributed by atoms with Crippen LogP contribution < -0.4 is 5.32 Å². The lowest BCUT2D eigenvalue weighted by Gasteiger charge is -2.35. The fourth-order valence-electron chi connectivity index (χ4n) is 2.30. The number of nitrogens with one attached hydrogen (secondary N) is 1. The number of aliphatic hydroxyl groups excluding tert-OH is 1. The summed E-state index contributed by atoms with van der Waals surface area (Å²) in [6.45, 7) is 3.73. The van der Waals surface area contributed by atoms with Crippen LogP contribution in [-0.2, 0) is 0 Å². The summed E-state index contributed by atoms with van der Waals surface area (Å²) in [5.41, 5.74) is 0. The number of likely N-dealkylation sites (N-methyl/N-ethyl adjacent to an activating group) is 1. The third-order valence-electron chi connectivity index (χ3n) is 3.77. The highest BCUT2D eigenvalue weighted by Crippen LogP contribution is 2.14. The van der Waals surface area contributed by atoms with Crippen LogP contribution in [-0.4, -0.2) is 74.4 Å². The predicted octanol–water partition coefficient (Wildman–Crippen LogP) is -0.0172. The van der Waals surface area contributed by atoms with Gasteiger partial charge in [0.25, 0.3) is 0 Å². The highest BCUT2D eigenvalue weighted by Gasteiger charge is 2.20. The fraction of sp³-hybridized carbons (Fsp3) is 1.00. The fourth-order valence-corrected chi connectivity index (χ4v) is 2.30. The summed E-state index contributed by atoms with van der Waals surface area (Å²) < 4.78 is 0. The molecule has 16 heavy (non-hydrogen) atoms. The number of hydrogen-bond donors (Lipinski definition) is 2. The van der Waals surface area contributed by atoms with E-state index in [-0.39, 0.29) is 12.6 Å². The Balaban J connectivity index is 2.21. The maximum atomic E-state index is 9.10. The van der Waals surface area contributed by atoms with E-state index in [1.807, 2.05) is 7.05 Å². The van der Waals surface area contributed by atoms with Gasteiger partial charge in [-0.1, -0.05) is 0 Å². The second-order valence-electron chi connectivity index (χ2n) is 4.97. The third kappa shape index (κ3) is 4.37. The average molecular weight is 229 g/mol. The summed E-state index contributed by atoms with van der Waals surface area (Å²) in [6, 6.07) is 0.973. The zero-order valence-corrected chi connectivity index (χ0v) is 10.9. The Bertz CT molecular complexity index is 177. The van der Waals surface area contributed by atoms with Crippen LogP contribution in [0.5, 0.6) is 0 Å². The smallest absolute Gasteiger partial charge is 0.0585 e. The van der Waals surface area contributed by atoms with Gasteiger partial charge in [-0.15, -0.1) is 0 Å². The van der Waals surface area contributed by atoms with Gasteiger partial charge in [0.1, 0.15) is 0 Å². The molecule has 0 amide bonds. The molecular weight excluding hydrogens is 202 g/mol. The average Bonchev–Trinajstić information content (AvgIpc) is 2.31. The summed E-state index contributed by atoms with van der Waals surface area (Å²) >= 11 is 0. The number of nitrogens with zero attached hydrogens (tertiary/aromatic N) is 2. The maximum absolute atomic E-state index is 9.10. The minimum atomic E-state index is 0.234. The molecule has 1 aliphatic rings. The molecule has 1 unspecified atom stereocenters. The molecule has 0 saturated carbocycles. The third-order valence-corrected chi connectivity index (χ3v) is 3.77. The van der Waals surface area contributed by atoms with Gasteiger partial charge in [-0.2, -0.15) is 0 Å². The molecule has 1 saturated heterocycles. The minimum Gasteiger partial charge on any atom is -0.395 e. The van der Waals surface area contributed by atoms with E-state index in [1.54, 1.807) is 0 Å². The van der Waals surface area contributed by atoms with Crippen molar-refractivity contribution in [3.05, 3.63) is 0 Å². The van der Waals surface area contributed by atoms with Crippen molar-refractivity contribution in [3.63, 3.8) is 0 Å². The van der Waals surface area contributed by atoms with Crippen molar-refractivity contribution in [1.29, 1.82) is 0 Å². The van der Waals surface area contributed by atoms with Gasteiger partial charge < -0.3 is 20.2 Å². The largest absolute Gasteiger partial charge is 0.395 e. The quantitative estimate of drug-likeness (QED) is 0.671. The van der Waals surface area contributed by atoms with Gasteiger partial charge in [0, 0.05) is 12.1 Å². The Morgan fingerprint density at radius 2 is 2.06 bits per heavy atom. The molecule has 1 fully saturated rings. The molecule has 0 aliphatic carbocycles. The van der Waals surface area contributed by atoms with Crippen molar-refractivity contribution in [2.45, 2.75) is 31.3 Å². The molecule has 0 radical (unpaired) electrons. The first-order valence-corrected chi connectivity index (χ1v) is 6.34. The van der Waals surface area contributed by atoms with Gasteiger partial charge in [-0.3, -0.25) is 0 Å². The van der Waals surface area contributed by atoms with E-state index in [1.165, 1.54) is 25.9 Å². The van der Waals surface area contributed by atoms with Crippen LogP contribution in [0.25, 0.3) is 0 Å². The van der Waals surface area contributed by atoms with Gasteiger partial charge >= 0.3 is 0 Å². The zero-order valence-electron chi connectivity index (χ0n) is 10.9. The van der Waals surface area contributed by atoms with E-state index < -0.39 is 0 Å². The number of aliphatic hydroxyl groups is 1. The summed E-state index contributed by atoms with van der Waals surface area (Å²) in [4.78, 5) is 4.85. The second kappa shape index (κ2) is 7.22.